The van der Waals surface area contributed by atoms with Crippen molar-refractivity contribution in [3.63, 3.8) is 0 Å². The van der Waals surface area contributed by atoms with Crippen molar-refractivity contribution >= 4 is 35.1 Å². The van der Waals surface area contributed by atoms with Crippen LogP contribution in [0.5, 0.6) is 0 Å². The Morgan fingerprint density at radius 1 is 1.50 bits per heavy atom. The van der Waals surface area contributed by atoms with Gasteiger partial charge in [-0.3, -0.25) is 14.4 Å². The van der Waals surface area contributed by atoms with Crippen LogP contribution < -0.4 is 4.90 Å². The largest absolute Gasteiger partial charge is 0.480 e. The fourth-order valence-electron chi connectivity index (χ4n) is 2.37. The molecule has 0 spiro atoms. The molecule has 1 unspecified atom stereocenters. The van der Waals surface area contributed by atoms with E-state index < -0.39 is 30.2 Å². The van der Waals surface area contributed by atoms with Gasteiger partial charge >= 0.3 is 5.97 Å². The zero-order valence-electron chi connectivity index (χ0n) is 11.8. The number of carboxylic acid groups (broad SMARTS) is 1. The molecule has 1 aromatic rings. The van der Waals surface area contributed by atoms with Gasteiger partial charge in [-0.25, -0.2) is 4.39 Å². The molecule has 1 heterocycles. The highest BCUT2D eigenvalue weighted by Crippen LogP contribution is 2.28. The van der Waals surface area contributed by atoms with E-state index >= 15 is 0 Å². The number of carboxylic acids is 1. The van der Waals surface area contributed by atoms with Gasteiger partial charge in [0.25, 0.3) is 0 Å². The second kappa shape index (κ2) is 6.31. The van der Waals surface area contributed by atoms with Crippen LogP contribution in [-0.4, -0.2) is 47.9 Å². The van der Waals surface area contributed by atoms with E-state index in [9.17, 15) is 18.8 Å². The first-order valence-electron chi connectivity index (χ1n) is 6.51. The summed E-state index contributed by atoms with van der Waals surface area (Å²) >= 11 is 5.60. The van der Waals surface area contributed by atoms with Crippen molar-refractivity contribution in [1.82, 2.24) is 4.90 Å². The highest BCUT2D eigenvalue weighted by molar-refractivity contribution is 6.30. The fourth-order valence-corrected chi connectivity index (χ4v) is 2.49. The molecule has 1 saturated heterocycles. The monoisotopic (exact) mass is 328 g/mol. The summed E-state index contributed by atoms with van der Waals surface area (Å²) in [6.07, 6.45) is -0.0347. The van der Waals surface area contributed by atoms with Crippen LogP contribution in [0.2, 0.25) is 5.02 Å². The minimum atomic E-state index is -1.13. The molecule has 2 amide bonds. The van der Waals surface area contributed by atoms with E-state index in [1.54, 1.807) is 0 Å². The molecule has 118 valence electrons. The summed E-state index contributed by atoms with van der Waals surface area (Å²) in [5.74, 6) is -3.16. The molecular weight excluding hydrogens is 315 g/mol. The summed E-state index contributed by atoms with van der Waals surface area (Å²) in [5.41, 5.74) is 0.322. The summed E-state index contributed by atoms with van der Waals surface area (Å²) in [4.78, 5) is 37.1. The predicted molar refractivity (Wildman–Crippen MR) is 77.1 cm³/mol. The average molecular weight is 329 g/mol. The molecule has 1 atom stereocenters. The van der Waals surface area contributed by atoms with Gasteiger partial charge in [0.2, 0.25) is 11.8 Å². The molecule has 0 saturated carbocycles. The van der Waals surface area contributed by atoms with E-state index in [2.05, 4.69) is 0 Å². The number of amides is 2. The number of carbonyl (C=O) groups is 3. The quantitative estimate of drug-likeness (QED) is 0.905. The Labute approximate surface area is 131 Å². The van der Waals surface area contributed by atoms with E-state index in [4.69, 9.17) is 16.7 Å². The van der Waals surface area contributed by atoms with Crippen molar-refractivity contribution in [2.45, 2.75) is 6.42 Å². The van der Waals surface area contributed by atoms with E-state index in [-0.39, 0.29) is 23.9 Å². The zero-order chi connectivity index (χ0) is 16.4. The number of anilines is 1. The summed E-state index contributed by atoms with van der Waals surface area (Å²) in [7, 11) is 1.37. The Hall–Kier alpha value is -2.15. The van der Waals surface area contributed by atoms with Gasteiger partial charge in [0.05, 0.1) is 10.9 Å². The fraction of sp³-hybridized carbons (Fsp3) is 0.357. The normalized spacial score (nSPS) is 17.7. The third-order valence-corrected chi connectivity index (χ3v) is 3.74. The van der Waals surface area contributed by atoms with Crippen LogP contribution in [0.25, 0.3) is 0 Å². The molecule has 1 aromatic carbocycles. The minimum absolute atomic E-state index is 0.0347. The number of aliphatic carboxylic acids is 1. The second-order valence-corrected chi connectivity index (χ2v) is 5.50. The Balaban J connectivity index is 2.11. The Kier molecular flexibility index (Phi) is 4.65. The Morgan fingerprint density at radius 3 is 2.77 bits per heavy atom. The lowest BCUT2D eigenvalue weighted by molar-refractivity contribution is -0.145. The first-order chi connectivity index (χ1) is 10.3. The van der Waals surface area contributed by atoms with Crippen LogP contribution in [-0.2, 0) is 14.4 Å². The van der Waals surface area contributed by atoms with Crippen LogP contribution in [0, 0.1) is 11.7 Å². The maximum absolute atomic E-state index is 13.5. The van der Waals surface area contributed by atoms with Crippen LogP contribution >= 0.6 is 11.6 Å². The van der Waals surface area contributed by atoms with E-state index in [1.807, 2.05) is 0 Å². The number of hydrogen-bond donors (Lipinski definition) is 1. The number of hydrogen-bond acceptors (Lipinski definition) is 3. The van der Waals surface area contributed by atoms with Gasteiger partial charge in [0.15, 0.2) is 0 Å². The molecule has 6 nitrogen and oxygen atoms in total. The molecule has 22 heavy (non-hydrogen) atoms. The zero-order valence-corrected chi connectivity index (χ0v) is 12.5. The van der Waals surface area contributed by atoms with Crippen molar-refractivity contribution in [3.05, 3.63) is 29.0 Å². The SMILES string of the molecule is CN(CC(=O)O)C(=O)C1CC(=O)N(c2ccc(Cl)c(F)c2)C1. The average Bonchev–Trinajstić information content (AvgIpc) is 2.82. The first-order valence-corrected chi connectivity index (χ1v) is 6.89. The summed E-state index contributed by atoms with van der Waals surface area (Å²) in [6.45, 7) is -0.345. The van der Waals surface area contributed by atoms with Gasteiger partial charge in [-0.1, -0.05) is 11.6 Å². The number of rotatable bonds is 4. The molecule has 0 radical (unpaired) electrons. The smallest absolute Gasteiger partial charge is 0.323 e. The van der Waals surface area contributed by atoms with Gasteiger partial charge in [0, 0.05) is 25.7 Å². The second-order valence-electron chi connectivity index (χ2n) is 5.09. The lowest BCUT2D eigenvalue weighted by atomic mass is 10.1. The van der Waals surface area contributed by atoms with Crippen molar-refractivity contribution in [2.75, 3.05) is 25.0 Å². The van der Waals surface area contributed by atoms with Gasteiger partial charge < -0.3 is 14.9 Å². The molecule has 0 aliphatic carbocycles. The van der Waals surface area contributed by atoms with Crippen LogP contribution in [0.15, 0.2) is 18.2 Å². The Morgan fingerprint density at radius 2 is 2.18 bits per heavy atom. The molecular formula is C14H14ClFN2O4. The van der Waals surface area contributed by atoms with Crippen LogP contribution in [0.1, 0.15) is 6.42 Å². The molecule has 1 fully saturated rings. The maximum atomic E-state index is 13.5. The van der Waals surface area contributed by atoms with Crippen LogP contribution in [0.4, 0.5) is 10.1 Å². The maximum Gasteiger partial charge on any atom is 0.323 e. The molecule has 8 heteroatoms. The highest BCUT2D eigenvalue weighted by Gasteiger charge is 2.36. The van der Waals surface area contributed by atoms with E-state index in [1.165, 1.54) is 24.1 Å². The van der Waals surface area contributed by atoms with Crippen molar-refractivity contribution < 1.29 is 23.9 Å². The molecule has 1 aliphatic heterocycles. The number of halogens is 2. The van der Waals surface area contributed by atoms with E-state index in [0.717, 1.165) is 11.0 Å². The summed E-state index contributed by atoms with van der Waals surface area (Å²) < 4.78 is 13.5. The first kappa shape index (κ1) is 16.2. The minimum Gasteiger partial charge on any atom is -0.480 e. The van der Waals surface area contributed by atoms with Crippen molar-refractivity contribution in [3.8, 4) is 0 Å². The van der Waals surface area contributed by atoms with Crippen molar-refractivity contribution in [2.24, 2.45) is 5.92 Å². The molecule has 1 aliphatic rings. The lowest BCUT2D eigenvalue weighted by Crippen LogP contribution is -2.37. The molecule has 1 N–H and O–H groups in total. The standard InChI is InChI=1S/C14H14ClFN2O4/c1-17(7-13(20)21)14(22)8-4-12(19)18(6-8)9-2-3-10(15)11(16)5-9/h2-3,5,8H,4,6-7H2,1H3,(H,20,21). The van der Waals surface area contributed by atoms with E-state index in [0.29, 0.717) is 5.69 Å². The number of likely N-dealkylation sites (N-methyl/N-ethyl adjacent to an activating group) is 1. The van der Waals surface area contributed by atoms with Gasteiger partial charge in [-0.2, -0.15) is 0 Å². The third-order valence-electron chi connectivity index (χ3n) is 3.44. The van der Waals surface area contributed by atoms with Crippen molar-refractivity contribution in [1.29, 1.82) is 0 Å². The number of benzene rings is 1. The van der Waals surface area contributed by atoms with Gasteiger partial charge in [-0.15, -0.1) is 0 Å². The number of carbonyl (C=O) groups excluding carboxylic acids is 2. The third kappa shape index (κ3) is 3.36. The summed E-state index contributed by atoms with van der Waals surface area (Å²) in [6, 6.07) is 3.97. The highest BCUT2D eigenvalue weighted by atomic mass is 35.5. The predicted octanol–water partition coefficient (Wildman–Crippen LogP) is 1.38. The van der Waals surface area contributed by atoms with Gasteiger partial charge in [0.1, 0.15) is 12.4 Å². The Bertz CT molecular complexity index is 637. The van der Waals surface area contributed by atoms with Gasteiger partial charge in [-0.05, 0) is 18.2 Å². The molecule has 0 aromatic heterocycles. The topological polar surface area (TPSA) is 77.9 Å². The summed E-state index contributed by atoms with van der Waals surface area (Å²) in [5, 5.41) is 8.64. The lowest BCUT2D eigenvalue weighted by Gasteiger charge is -2.20. The molecule has 2 rings (SSSR count). The number of nitrogens with zero attached hydrogens (tertiary/aromatic N) is 2. The van der Waals surface area contributed by atoms with Crippen LogP contribution in [0.3, 0.4) is 0 Å². The molecule has 0 bridgehead atoms.